The quantitative estimate of drug-likeness (QED) is 0.808. The number of benzene rings is 1. The van der Waals surface area contributed by atoms with Gasteiger partial charge in [0.2, 0.25) is 5.88 Å². The van der Waals surface area contributed by atoms with E-state index in [2.05, 4.69) is 59.1 Å². The Morgan fingerprint density at radius 1 is 1.24 bits per heavy atom. The molecule has 0 fully saturated rings. The molecule has 1 aromatic heterocycles. The summed E-state index contributed by atoms with van der Waals surface area (Å²) in [6.45, 7) is 8.09. The molecule has 112 valence electrons. The fraction of sp³-hybridized carbons (Fsp3) is 0.353. The lowest BCUT2D eigenvalue weighted by atomic mass is 10.0. The summed E-state index contributed by atoms with van der Waals surface area (Å²) < 4.78 is 6.88. The van der Waals surface area contributed by atoms with Gasteiger partial charge in [0.05, 0.1) is 0 Å². The zero-order valence-corrected chi connectivity index (χ0v) is 14.3. The van der Waals surface area contributed by atoms with Crippen LogP contribution >= 0.6 is 15.9 Å². The van der Waals surface area contributed by atoms with Gasteiger partial charge in [-0.1, -0.05) is 32.9 Å². The molecular formula is C17H21BrN2O. The minimum absolute atomic E-state index is 0.522. The Kier molecular flexibility index (Phi) is 5.76. The highest BCUT2D eigenvalue weighted by Gasteiger charge is 2.08. The van der Waals surface area contributed by atoms with Gasteiger partial charge in [-0.15, -0.1) is 0 Å². The normalized spacial score (nSPS) is 10.9. The van der Waals surface area contributed by atoms with Gasteiger partial charge in [0.1, 0.15) is 5.75 Å². The molecule has 0 unspecified atom stereocenters. The third-order valence-corrected chi connectivity index (χ3v) is 3.65. The maximum absolute atomic E-state index is 5.92. The molecule has 0 aliphatic carbocycles. The van der Waals surface area contributed by atoms with E-state index in [4.69, 9.17) is 4.74 Å². The van der Waals surface area contributed by atoms with Gasteiger partial charge < -0.3 is 10.1 Å². The summed E-state index contributed by atoms with van der Waals surface area (Å²) in [6, 6.07) is 10.2. The number of aromatic nitrogens is 1. The summed E-state index contributed by atoms with van der Waals surface area (Å²) in [5.41, 5.74) is 2.35. The van der Waals surface area contributed by atoms with Crippen molar-refractivity contribution < 1.29 is 4.74 Å². The van der Waals surface area contributed by atoms with E-state index in [1.807, 2.05) is 18.2 Å². The molecule has 1 heterocycles. The Morgan fingerprint density at radius 2 is 1.95 bits per heavy atom. The van der Waals surface area contributed by atoms with Crippen molar-refractivity contribution in [3.8, 4) is 11.6 Å². The number of hydrogen-bond donors (Lipinski definition) is 1. The monoisotopic (exact) mass is 348 g/mol. The van der Waals surface area contributed by atoms with Crippen LogP contribution in [0.1, 0.15) is 37.8 Å². The first-order chi connectivity index (χ1) is 10.1. The minimum atomic E-state index is 0.522. The van der Waals surface area contributed by atoms with E-state index >= 15 is 0 Å². The molecule has 0 aliphatic heterocycles. The number of hydrogen-bond acceptors (Lipinski definition) is 3. The fourth-order valence-corrected chi connectivity index (χ4v) is 2.36. The molecule has 0 amide bonds. The van der Waals surface area contributed by atoms with E-state index in [0.29, 0.717) is 11.8 Å². The van der Waals surface area contributed by atoms with Crippen molar-refractivity contribution in [3.63, 3.8) is 0 Å². The van der Waals surface area contributed by atoms with Crippen LogP contribution in [0.5, 0.6) is 11.6 Å². The van der Waals surface area contributed by atoms with Gasteiger partial charge in [-0.05, 0) is 52.2 Å². The lowest BCUT2D eigenvalue weighted by molar-refractivity contribution is 0.453. The topological polar surface area (TPSA) is 34.2 Å². The van der Waals surface area contributed by atoms with Crippen molar-refractivity contribution in [1.29, 1.82) is 0 Å². The van der Waals surface area contributed by atoms with Crippen LogP contribution in [0, 0.1) is 0 Å². The lowest BCUT2D eigenvalue weighted by Gasteiger charge is -2.12. The summed E-state index contributed by atoms with van der Waals surface area (Å²) in [5, 5.41) is 3.30. The maximum atomic E-state index is 5.92. The minimum Gasteiger partial charge on any atom is -0.439 e. The second-order valence-corrected chi connectivity index (χ2v) is 6.14. The van der Waals surface area contributed by atoms with Crippen molar-refractivity contribution >= 4 is 15.9 Å². The molecule has 0 saturated carbocycles. The molecule has 2 aromatic rings. The van der Waals surface area contributed by atoms with Crippen molar-refractivity contribution in [2.45, 2.75) is 33.2 Å². The van der Waals surface area contributed by atoms with Gasteiger partial charge in [-0.2, -0.15) is 0 Å². The standard InChI is InChI=1S/C17H21BrN2O/c1-4-19-10-14-9-15(18)11-20-17(14)21-16-7-5-13(6-8-16)12(2)3/h5-9,11-12,19H,4,10H2,1-3H3. The van der Waals surface area contributed by atoms with Gasteiger partial charge in [-0.25, -0.2) is 4.98 Å². The van der Waals surface area contributed by atoms with E-state index in [-0.39, 0.29) is 0 Å². The molecule has 0 saturated heterocycles. The molecule has 4 heteroatoms. The average Bonchev–Trinajstić information content (AvgIpc) is 2.48. The smallest absolute Gasteiger partial charge is 0.223 e. The number of pyridine rings is 1. The van der Waals surface area contributed by atoms with Crippen molar-refractivity contribution in [1.82, 2.24) is 10.3 Å². The first-order valence-electron chi connectivity index (χ1n) is 7.23. The Hall–Kier alpha value is -1.39. The van der Waals surface area contributed by atoms with Crippen LogP contribution in [-0.2, 0) is 6.54 Å². The SMILES string of the molecule is CCNCc1cc(Br)cnc1Oc1ccc(C(C)C)cc1. The molecule has 0 radical (unpaired) electrons. The Balaban J connectivity index is 2.18. The van der Waals surface area contributed by atoms with E-state index in [1.54, 1.807) is 6.20 Å². The Bertz CT molecular complexity index is 582. The fourth-order valence-electron chi connectivity index (χ4n) is 1.98. The number of nitrogens with zero attached hydrogens (tertiary/aromatic N) is 1. The Labute approximate surface area is 134 Å². The Morgan fingerprint density at radius 3 is 2.57 bits per heavy atom. The summed E-state index contributed by atoms with van der Waals surface area (Å²) in [5.74, 6) is 1.98. The molecule has 1 N–H and O–H groups in total. The lowest BCUT2D eigenvalue weighted by Crippen LogP contribution is -2.12. The summed E-state index contributed by atoms with van der Waals surface area (Å²) in [7, 11) is 0. The predicted octanol–water partition coefficient (Wildman–Crippen LogP) is 4.87. The van der Waals surface area contributed by atoms with Crippen molar-refractivity contribution in [2.24, 2.45) is 0 Å². The number of nitrogens with one attached hydrogen (secondary N) is 1. The number of rotatable bonds is 6. The zero-order valence-electron chi connectivity index (χ0n) is 12.7. The highest BCUT2D eigenvalue weighted by atomic mass is 79.9. The molecule has 0 aliphatic rings. The summed E-state index contributed by atoms with van der Waals surface area (Å²) in [4.78, 5) is 4.37. The first kappa shape index (κ1) is 16.0. The van der Waals surface area contributed by atoms with Crippen LogP contribution in [0.25, 0.3) is 0 Å². The molecule has 21 heavy (non-hydrogen) atoms. The van der Waals surface area contributed by atoms with Crippen LogP contribution in [0.3, 0.4) is 0 Å². The van der Waals surface area contributed by atoms with Gasteiger partial charge in [0.15, 0.2) is 0 Å². The summed E-state index contributed by atoms with van der Waals surface area (Å²) in [6.07, 6.45) is 1.76. The second kappa shape index (κ2) is 7.57. The highest BCUT2D eigenvalue weighted by molar-refractivity contribution is 9.10. The molecule has 0 atom stereocenters. The first-order valence-corrected chi connectivity index (χ1v) is 8.02. The van der Waals surface area contributed by atoms with E-state index in [1.165, 1.54) is 5.56 Å². The van der Waals surface area contributed by atoms with E-state index < -0.39 is 0 Å². The van der Waals surface area contributed by atoms with Crippen LogP contribution < -0.4 is 10.1 Å². The van der Waals surface area contributed by atoms with Crippen molar-refractivity contribution in [3.05, 3.63) is 52.1 Å². The van der Waals surface area contributed by atoms with E-state index in [9.17, 15) is 0 Å². The van der Waals surface area contributed by atoms with Crippen LogP contribution in [0.4, 0.5) is 0 Å². The van der Waals surface area contributed by atoms with E-state index in [0.717, 1.165) is 28.9 Å². The molecule has 3 nitrogen and oxygen atoms in total. The van der Waals surface area contributed by atoms with Gasteiger partial charge >= 0.3 is 0 Å². The molecule has 0 bridgehead atoms. The third kappa shape index (κ3) is 4.55. The van der Waals surface area contributed by atoms with Gasteiger partial charge in [-0.3, -0.25) is 0 Å². The zero-order chi connectivity index (χ0) is 15.2. The molecular weight excluding hydrogens is 328 g/mol. The predicted molar refractivity (Wildman–Crippen MR) is 89.9 cm³/mol. The van der Waals surface area contributed by atoms with Crippen LogP contribution in [0.2, 0.25) is 0 Å². The van der Waals surface area contributed by atoms with Gasteiger partial charge in [0.25, 0.3) is 0 Å². The van der Waals surface area contributed by atoms with Gasteiger partial charge in [0, 0.05) is 22.8 Å². The molecule has 0 spiro atoms. The highest BCUT2D eigenvalue weighted by Crippen LogP contribution is 2.26. The summed E-state index contributed by atoms with van der Waals surface area (Å²) >= 11 is 3.45. The molecule has 1 aromatic carbocycles. The van der Waals surface area contributed by atoms with Crippen molar-refractivity contribution in [2.75, 3.05) is 6.54 Å². The third-order valence-electron chi connectivity index (χ3n) is 3.22. The number of ether oxygens (including phenoxy) is 1. The maximum Gasteiger partial charge on any atom is 0.223 e. The molecule has 2 rings (SSSR count). The average molecular weight is 349 g/mol. The van der Waals surface area contributed by atoms with Crippen LogP contribution in [-0.4, -0.2) is 11.5 Å². The number of halogens is 1. The van der Waals surface area contributed by atoms with Crippen LogP contribution in [0.15, 0.2) is 41.0 Å². The second-order valence-electron chi connectivity index (χ2n) is 5.22. The largest absolute Gasteiger partial charge is 0.439 e.